The molecule has 3 aromatic rings. The first-order valence-electron chi connectivity index (χ1n) is 11.1. The number of hydrogen-bond acceptors (Lipinski definition) is 6. The highest BCUT2D eigenvalue weighted by molar-refractivity contribution is 5.92. The number of pyridine rings is 1. The van der Waals surface area contributed by atoms with Crippen LogP contribution in [-0.2, 0) is 11.0 Å². The molecule has 4 heterocycles. The van der Waals surface area contributed by atoms with Crippen molar-refractivity contribution in [1.82, 2.24) is 20.3 Å². The number of rotatable bonds is 4. The Kier molecular flexibility index (Phi) is 5.14. The molecule has 1 amide bonds. The minimum Gasteiger partial charge on any atom is -0.363 e. The van der Waals surface area contributed by atoms with Crippen molar-refractivity contribution in [1.29, 1.82) is 0 Å². The molecule has 34 heavy (non-hydrogen) atoms. The molecule has 0 radical (unpaired) electrons. The number of carbonyl (C=O) groups is 1. The fourth-order valence-corrected chi connectivity index (χ4v) is 4.83. The van der Waals surface area contributed by atoms with Crippen LogP contribution in [0.4, 0.5) is 24.8 Å². The average Bonchev–Trinajstić information content (AvgIpc) is 3.15. The van der Waals surface area contributed by atoms with Crippen LogP contribution in [0.3, 0.4) is 0 Å². The number of benzene rings is 1. The van der Waals surface area contributed by atoms with Gasteiger partial charge in [0.05, 0.1) is 16.8 Å². The van der Waals surface area contributed by atoms with E-state index in [-0.39, 0.29) is 11.3 Å². The molecule has 10 heteroatoms. The molecular weight excluding hydrogens is 445 g/mol. The predicted molar refractivity (Wildman–Crippen MR) is 123 cm³/mol. The molecule has 0 unspecified atom stereocenters. The summed E-state index contributed by atoms with van der Waals surface area (Å²) in [5.41, 5.74) is 1.23. The molecule has 2 saturated heterocycles. The van der Waals surface area contributed by atoms with Crippen molar-refractivity contribution in [3.05, 3.63) is 53.0 Å². The van der Waals surface area contributed by atoms with E-state index in [1.165, 1.54) is 6.07 Å². The lowest BCUT2D eigenvalue weighted by Crippen LogP contribution is -2.57. The van der Waals surface area contributed by atoms with Crippen LogP contribution in [0, 0.1) is 19.3 Å². The first-order valence-corrected chi connectivity index (χ1v) is 11.1. The van der Waals surface area contributed by atoms with Gasteiger partial charge in [0.25, 0.3) is 0 Å². The van der Waals surface area contributed by atoms with Gasteiger partial charge in [0.15, 0.2) is 0 Å². The lowest BCUT2D eigenvalue weighted by molar-refractivity contribution is -0.137. The highest BCUT2D eigenvalue weighted by Gasteiger charge is 2.48. The van der Waals surface area contributed by atoms with E-state index in [9.17, 15) is 18.0 Å². The van der Waals surface area contributed by atoms with E-state index in [1.807, 2.05) is 13.0 Å². The number of aromatic nitrogens is 3. The predicted octanol–water partition coefficient (Wildman–Crippen LogP) is 4.16. The second kappa shape index (κ2) is 7.82. The average molecular weight is 470 g/mol. The highest BCUT2D eigenvalue weighted by Crippen LogP contribution is 2.40. The van der Waals surface area contributed by atoms with Gasteiger partial charge < -0.3 is 15.5 Å². The van der Waals surface area contributed by atoms with Gasteiger partial charge in [0.1, 0.15) is 17.5 Å². The Morgan fingerprint density at radius 2 is 1.91 bits per heavy atom. The summed E-state index contributed by atoms with van der Waals surface area (Å²) in [6.45, 7) is 7.61. The fourth-order valence-electron chi connectivity index (χ4n) is 4.83. The zero-order chi connectivity index (χ0) is 24.3. The van der Waals surface area contributed by atoms with Gasteiger partial charge >= 0.3 is 6.18 Å². The number of fused-ring (bicyclic) bond motifs is 1. The number of nitrogens with zero attached hydrogens (tertiary/aromatic N) is 4. The van der Waals surface area contributed by atoms with Crippen molar-refractivity contribution in [3.8, 4) is 0 Å². The second-order valence-corrected chi connectivity index (χ2v) is 9.38. The Balaban J connectivity index is 1.46. The third kappa shape index (κ3) is 4.01. The van der Waals surface area contributed by atoms with Crippen LogP contribution in [0.15, 0.2) is 30.3 Å². The third-order valence-electron chi connectivity index (χ3n) is 6.60. The highest BCUT2D eigenvalue weighted by atomic mass is 19.4. The standard InChI is InChI=1S/C24H25F3N6O/c1-13(16-5-4-6-17(7-16)24(25,26)27)30-22-18-8-19(29-14(2)21(18)31-15(3)32-22)33-11-23(12-33)9-20(34)28-10-23/h4-8,13H,9-12H2,1-3H3,(H,28,34)(H,30,31,32)/t13-/m1/s1. The molecule has 0 aliphatic carbocycles. The van der Waals surface area contributed by atoms with E-state index in [4.69, 9.17) is 4.98 Å². The maximum atomic E-state index is 13.2. The molecule has 1 aromatic carbocycles. The smallest absolute Gasteiger partial charge is 0.363 e. The molecule has 1 atom stereocenters. The van der Waals surface area contributed by atoms with E-state index in [0.29, 0.717) is 35.7 Å². The minimum absolute atomic E-state index is 0.0372. The van der Waals surface area contributed by atoms with Crippen molar-refractivity contribution in [2.45, 2.75) is 39.4 Å². The fraction of sp³-hybridized carbons (Fsp3) is 0.417. The second-order valence-electron chi connectivity index (χ2n) is 9.38. The number of halogens is 3. The van der Waals surface area contributed by atoms with Crippen LogP contribution in [-0.4, -0.2) is 40.5 Å². The molecule has 7 nitrogen and oxygen atoms in total. The van der Waals surface area contributed by atoms with Crippen LogP contribution in [0.1, 0.15) is 42.0 Å². The van der Waals surface area contributed by atoms with Gasteiger partial charge in [-0.15, -0.1) is 0 Å². The number of aryl methyl sites for hydroxylation is 2. The molecule has 178 valence electrons. The van der Waals surface area contributed by atoms with Gasteiger partial charge in [-0.3, -0.25) is 4.79 Å². The number of amides is 1. The summed E-state index contributed by atoms with van der Waals surface area (Å²) in [6, 6.07) is 6.79. The Bertz CT molecular complexity index is 1290. The summed E-state index contributed by atoms with van der Waals surface area (Å²) in [5, 5.41) is 6.95. The first-order chi connectivity index (χ1) is 16.0. The van der Waals surface area contributed by atoms with Gasteiger partial charge in [-0.1, -0.05) is 12.1 Å². The molecule has 0 saturated carbocycles. The molecule has 2 aliphatic rings. The van der Waals surface area contributed by atoms with Crippen LogP contribution in [0.5, 0.6) is 0 Å². The van der Waals surface area contributed by atoms with Gasteiger partial charge in [-0.05, 0) is 44.5 Å². The molecule has 2 aromatic heterocycles. The molecule has 0 bridgehead atoms. The van der Waals surface area contributed by atoms with Crippen molar-refractivity contribution in [2.75, 3.05) is 29.9 Å². The van der Waals surface area contributed by atoms with Crippen molar-refractivity contribution >= 4 is 28.4 Å². The maximum Gasteiger partial charge on any atom is 0.416 e. The summed E-state index contributed by atoms with van der Waals surface area (Å²) in [5.74, 6) is 1.95. The van der Waals surface area contributed by atoms with Crippen LogP contribution >= 0.6 is 0 Å². The molecule has 1 spiro atoms. The van der Waals surface area contributed by atoms with Crippen molar-refractivity contribution in [3.63, 3.8) is 0 Å². The van der Waals surface area contributed by atoms with Gasteiger partial charge in [-0.25, -0.2) is 15.0 Å². The van der Waals surface area contributed by atoms with Gasteiger partial charge in [0, 0.05) is 42.9 Å². The number of carbonyl (C=O) groups excluding carboxylic acids is 1. The normalized spacial score (nSPS) is 18.2. The quantitative estimate of drug-likeness (QED) is 0.596. The van der Waals surface area contributed by atoms with E-state index >= 15 is 0 Å². The molecule has 2 aliphatic heterocycles. The molecular formula is C24H25F3N6O. The minimum atomic E-state index is -4.40. The molecule has 2 fully saturated rings. The summed E-state index contributed by atoms with van der Waals surface area (Å²) in [4.78, 5) is 27.6. The van der Waals surface area contributed by atoms with Crippen molar-refractivity contribution < 1.29 is 18.0 Å². The Morgan fingerprint density at radius 3 is 2.59 bits per heavy atom. The van der Waals surface area contributed by atoms with E-state index in [1.54, 1.807) is 19.9 Å². The van der Waals surface area contributed by atoms with Gasteiger partial charge in [0.2, 0.25) is 5.91 Å². The zero-order valence-corrected chi connectivity index (χ0v) is 19.1. The lowest BCUT2D eigenvalue weighted by Gasteiger charge is -2.47. The lowest BCUT2D eigenvalue weighted by atomic mass is 9.79. The molecule has 2 N–H and O–H groups in total. The maximum absolute atomic E-state index is 13.2. The van der Waals surface area contributed by atoms with Gasteiger partial charge in [-0.2, -0.15) is 13.2 Å². The monoisotopic (exact) mass is 470 g/mol. The van der Waals surface area contributed by atoms with Crippen molar-refractivity contribution in [2.24, 2.45) is 5.41 Å². The number of nitrogens with one attached hydrogen (secondary N) is 2. The number of anilines is 2. The van der Waals surface area contributed by atoms with E-state index in [0.717, 1.165) is 42.1 Å². The summed E-state index contributed by atoms with van der Waals surface area (Å²) >= 11 is 0. The summed E-state index contributed by atoms with van der Waals surface area (Å²) in [6.07, 6.45) is -3.88. The summed E-state index contributed by atoms with van der Waals surface area (Å²) < 4.78 is 39.5. The largest absolute Gasteiger partial charge is 0.416 e. The molecule has 5 rings (SSSR count). The zero-order valence-electron chi connectivity index (χ0n) is 19.1. The van der Waals surface area contributed by atoms with Crippen LogP contribution < -0.4 is 15.5 Å². The SMILES string of the molecule is Cc1nc(N[C@H](C)c2cccc(C(F)(F)F)c2)c2cc(N3CC4(CNC(=O)C4)C3)nc(C)c2n1. The number of alkyl halides is 3. The Labute approximate surface area is 194 Å². The van der Waals surface area contributed by atoms with E-state index in [2.05, 4.69) is 25.5 Å². The Morgan fingerprint density at radius 1 is 1.15 bits per heavy atom. The Hall–Kier alpha value is -3.43. The third-order valence-corrected chi connectivity index (χ3v) is 6.60. The van der Waals surface area contributed by atoms with Crippen LogP contribution in [0.25, 0.3) is 10.9 Å². The summed E-state index contributed by atoms with van der Waals surface area (Å²) in [7, 11) is 0. The number of hydrogen-bond donors (Lipinski definition) is 2. The van der Waals surface area contributed by atoms with Crippen LogP contribution in [0.2, 0.25) is 0 Å². The topological polar surface area (TPSA) is 83.0 Å². The van der Waals surface area contributed by atoms with E-state index < -0.39 is 17.8 Å². The first kappa shape index (κ1) is 22.4.